The van der Waals surface area contributed by atoms with E-state index in [4.69, 9.17) is 30.5 Å². The molecule has 3 atom stereocenters. The maximum atomic E-state index is 14.5. The number of nitrogens with zero attached hydrogens (tertiary/aromatic N) is 1. The molecule has 1 spiro atoms. The van der Waals surface area contributed by atoms with Gasteiger partial charge < -0.3 is 24.3 Å². The molecule has 210 valence electrons. The van der Waals surface area contributed by atoms with Crippen molar-refractivity contribution in [3.63, 3.8) is 0 Å². The molecule has 0 saturated heterocycles. The third kappa shape index (κ3) is 4.23. The molecule has 6 rings (SSSR count). The third-order valence-corrected chi connectivity index (χ3v) is 8.31. The van der Waals surface area contributed by atoms with Crippen molar-refractivity contribution in [2.24, 2.45) is 5.92 Å². The number of nitrogens with one attached hydrogen (secondary N) is 1. The molecule has 1 unspecified atom stereocenters. The zero-order valence-electron chi connectivity index (χ0n) is 22.7. The van der Waals surface area contributed by atoms with Crippen molar-refractivity contribution < 1.29 is 33.3 Å². The second-order valence-corrected chi connectivity index (χ2v) is 10.7. The molecule has 1 N–H and O–H groups in total. The molecule has 10 heteroatoms. The molecule has 9 nitrogen and oxygen atoms in total. The summed E-state index contributed by atoms with van der Waals surface area (Å²) < 4.78 is 22.9. The largest absolute Gasteiger partial charge is 0.496 e. The quantitative estimate of drug-likeness (QED) is 0.417. The van der Waals surface area contributed by atoms with Crippen LogP contribution in [0.2, 0.25) is 5.02 Å². The van der Waals surface area contributed by atoms with E-state index >= 15 is 0 Å². The van der Waals surface area contributed by atoms with Crippen molar-refractivity contribution in [2.75, 3.05) is 14.2 Å². The Hall–Kier alpha value is -4.37. The zero-order chi connectivity index (χ0) is 28.9. The van der Waals surface area contributed by atoms with E-state index in [0.717, 1.165) is 11.3 Å². The summed E-state index contributed by atoms with van der Waals surface area (Å²) in [6.45, 7) is 2.06. The van der Waals surface area contributed by atoms with Gasteiger partial charge in [-0.15, -0.1) is 0 Å². The highest BCUT2D eigenvalue weighted by Crippen LogP contribution is 2.55. The molecule has 2 aromatic carbocycles. The van der Waals surface area contributed by atoms with Crippen LogP contribution in [0.15, 0.2) is 66.0 Å². The summed E-state index contributed by atoms with van der Waals surface area (Å²) in [5.74, 6) is -1.24. The molecule has 3 aliphatic rings. The van der Waals surface area contributed by atoms with Crippen LogP contribution < -0.4 is 24.3 Å². The summed E-state index contributed by atoms with van der Waals surface area (Å²) >= 11 is 6.55. The van der Waals surface area contributed by atoms with Gasteiger partial charge in [0.15, 0.2) is 5.75 Å². The molecular formula is C31H27ClN2O7. The minimum atomic E-state index is -1.85. The van der Waals surface area contributed by atoms with Crippen molar-refractivity contribution in [1.82, 2.24) is 10.3 Å². The number of hydrogen-bond donors (Lipinski definition) is 1. The normalized spacial score (nSPS) is 23.1. The van der Waals surface area contributed by atoms with Crippen LogP contribution >= 0.6 is 11.6 Å². The lowest BCUT2D eigenvalue weighted by molar-refractivity contribution is -0.131. The Bertz CT molecular complexity index is 1600. The highest BCUT2D eigenvalue weighted by molar-refractivity contribution is 6.36. The van der Waals surface area contributed by atoms with Gasteiger partial charge in [-0.3, -0.25) is 19.4 Å². The smallest absolute Gasteiger partial charge is 0.236 e. The molecule has 1 aliphatic carbocycles. The first-order chi connectivity index (χ1) is 19.8. The van der Waals surface area contributed by atoms with Crippen LogP contribution in [0.5, 0.6) is 23.0 Å². The minimum absolute atomic E-state index is 0.0439. The molecule has 0 radical (unpaired) electrons. The monoisotopic (exact) mass is 574 g/mol. The number of carbonyl (C=O) groups is 3. The van der Waals surface area contributed by atoms with Gasteiger partial charge in [-0.05, 0) is 36.2 Å². The van der Waals surface area contributed by atoms with Gasteiger partial charge in [0.05, 0.1) is 19.9 Å². The van der Waals surface area contributed by atoms with Gasteiger partial charge in [0.2, 0.25) is 23.1 Å². The van der Waals surface area contributed by atoms with Crippen LogP contribution in [0.25, 0.3) is 0 Å². The Kier molecular flexibility index (Phi) is 6.69. The van der Waals surface area contributed by atoms with Gasteiger partial charge in [-0.25, -0.2) is 0 Å². The Labute approximate surface area is 241 Å². The fourth-order valence-corrected chi connectivity index (χ4v) is 6.18. The molecule has 0 fully saturated rings. The number of rotatable bonds is 6. The molecule has 0 bridgehead atoms. The Balaban J connectivity index is 1.35. The van der Waals surface area contributed by atoms with Crippen molar-refractivity contribution in [3.05, 3.63) is 87.8 Å². The Morgan fingerprint density at radius 2 is 1.78 bits per heavy atom. The zero-order valence-corrected chi connectivity index (χ0v) is 23.4. The maximum absolute atomic E-state index is 14.5. The van der Waals surface area contributed by atoms with E-state index in [2.05, 4.69) is 10.3 Å². The third-order valence-electron chi connectivity index (χ3n) is 7.95. The predicted octanol–water partition coefficient (Wildman–Crippen LogP) is 4.81. The summed E-state index contributed by atoms with van der Waals surface area (Å²) in [6, 6.07) is 14.3. The van der Waals surface area contributed by atoms with Crippen LogP contribution in [-0.4, -0.2) is 42.3 Å². The second-order valence-electron chi connectivity index (χ2n) is 10.3. The molecule has 2 aliphatic heterocycles. The lowest BCUT2D eigenvalue weighted by atomic mass is 9.66. The van der Waals surface area contributed by atoms with Crippen LogP contribution in [0.3, 0.4) is 0 Å². The van der Waals surface area contributed by atoms with Crippen LogP contribution in [0.1, 0.15) is 47.3 Å². The first-order valence-electron chi connectivity index (χ1n) is 13.2. The predicted molar refractivity (Wildman–Crippen MR) is 149 cm³/mol. The molecule has 1 aromatic heterocycles. The van der Waals surface area contributed by atoms with E-state index in [1.807, 2.05) is 30.3 Å². The van der Waals surface area contributed by atoms with Crippen LogP contribution in [-0.2, 0) is 16.2 Å². The number of ketones is 2. The minimum Gasteiger partial charge on any atom is -0.496 e. The fourth-order valence-electron chi connectivity index (χ4n) is 5.91. The highest BCUT2D eigenvalue weighted by atomic mass is 35.5. The first kappa shape index (κ1) is 26.8. The van der Waals surface area contributed by atoms with Crippen molar-refractivity contribution in [3.8, 4) is 23.0 Å². The number of methoxy groups -OCH3 is 2. The number of halogens is 1. The Morgan fingerprint density at radius 1 is 1.02 bits per heavy atom. The van der Waals surface area contributed by atoms with Gasteiger partial charge in [-0.2, -0.15) is 0 Å². The number of allylic oxidation sites excluding steroid dienone is 1. The van der Waals surface area contributed by atoms with E-state index in [0.29, 0.717) is 23.6 Å². The SMILES string of the molecule is COc1cc(OC)c2c(c1Cl)O[C@@]1(C(=O)C3=C(C[C@H]1C)NC(=O)CC3c1ccc(OCc3ccccn3)cc1)C2=O. The summed E-state index contributed by atoms with van der Waals surface area (Å²) in [4.78, 5) is 45.6. The Morgan fingerprint density at radius 3 is 2.46 bits per heavy atom. The molecule has 3 heterocycles. The molecule has 1 amide bonds. The fraction of sp³-hybridized carbons (Fsp3) is 0.290. The molecule has 41 heavy (non-hydrogen) atoms. The summed E-state index contributed by atoms with van der Waals surface area (Å²) in [5, 5.41) is 2.96. The van der Waals surface area contributed by atoms with E-state index in [-0.39, 0.29) is 46.6 Å². The van der Waals surface area contributed by atoms with Crippen LogP contribution in [0, 0.1) is 5.92 Å². The molecule has 3 aromatic rings. The highest BCUT2D eigenvalue weighted by Gasteiger charge is 2.63. The van der Waals surface area contributed by atoms with Gasteiger partial charge in [0.25, 0.3) is 0 Å². The average Bonchev–Trinajstić information content (AvgIpc) is 3.30. The lowest BCUT2D eigenvalue weighted by Gasteiger charge is -2.41. The number of amides is 1. The summed E-state index contributed by atoms with van der Waals surface area (Å²) in [5.41, 5.74) is 0.653. The number of benzene rings is 2. The van der Waals surface area contributed by atoms with Gasteiger partial charge in [-0.1, -0.05) is 36.7 Å². The van der Waals surface area contributed by atoms with Crippen LogP contribution in [0.4, 0.5) is 0 Å². The van der Waals surface area contributed by atoms with Gasteiger partial charge >= 0.3 is 0 Å². The van der Waals surface area contributed by atoms with Crippen molar-refractivity contribution in [1.29, 1.82) is 0 Å². The van der Waals surface area contributed by atoms with E-state index in [1.54, 1.807) is 25.3 Å². The topological polar surface area (TPSA) is 113 Å². The number of carbonyl (C=O) groups excluding carboxylic acids is 3. The molecular weight excluding hydrogens is 548 g/mol. The maximum Gasteiger partial charge on any atom is 0.236 e. The number of Topliss-reactive ketones (excluding diaryl/α,β-unsaturated/α-hetero) is 2. The number of aromatic nitrogens is 1. The van der Waals surface area contributed by atoms with E-state index < -0.39 is 29.0 Å². The summed E-state index contributed by atoms with van der Waals surface area (Å²) in [6.07, 6.45) is 2.00. The average molecular weight is 575 g/mol. The number of fused-ring (bicyclic) bond motifs is 1. The lowest BCUT2D eigenvalue weighted by Crippen LogP contribution is -2.59. The van der Waals surface area contributed by atoms with Crippen molar-refractivity contribution in [2.45, 2.75) is 37.9 Å². The molecule has 0 saturated carbocycles. The van der Waals surface area contributed by atoms with Gasteiger partial charge in [0.1, 0.15) is 34.4 Å². The second kappa shape index (κ2) is 10.2. The van der Waals surface area contributed by atoms with E-state index in [9.17, 15) is 14.4 Å². The first-order valence-corrected chi connectivity index (χ1v) is 13.5. The number of ether oxygens (including phenoxy) is 4. The van der Waals surface area contributed by atoms with Gasteiger partial charge in [0, 0.05) is 41.8 Å². The standard InChI is InChI=1S/C31H27ClN2O7/c1-16-12-21-25(29(36)31(16)30(37)26-22(38-2)14-23(39-3)27(32)28(26)41-31)20(13-24(35)34-21)17-7-9-19(10-8-17)40-15-18-6-4-5-11-33-18/h4-11,14,16,20H,12-13,15H2,1-3H3,(H,34,35)/t16-,20?,31+/m1/s1. The number of pyridine rings is 1. The van der Waals surface area contributed by atoms with Crippen molar-refractivity contribution >= 4 is 29.1 Å². The summed E-state index contributed by atoms with van der Waals surface area (Å²) in [7, 11) is 2.86. The van der Waals surface area contributed by atoms with E-state index in [1.165, 1.54) is 20.3 Å². The number of hydrogen-bond acceptors (Lipinski definition) is 8.